The van der Waals surface area contributed by atoms with E-state index in [1.54, 1.807) is 6.07 Å². The molecule has 0 amide bonds. The lowest BCUT2D eigenvalue weighted by molar-refractivity contribution is 0.304. The average molecular weight is 421 g/mol. The first-order valence-corrected chi connectivity index (χ1v) is 9.41. The highest BCUT2D eigenvalue weighted by Gasteiger charge is 2.13. The van der Waals surface area contributed by atoms with Gasteiger partial charge in [-0.05, 0) is 47.9 Å². The zero-order chi connectivity index (χ0) is 18.8. The van der Waals surface area contributed by atoms with Crippen LogP contribution in [0.5, 0.6) is 5.75 Å². The molecule has 0 saturated carbocycles. The highest BCUT2D eigenvalue weighted by molar-refractivity contribution is 9.10. The Morgan fingerprint density at radius 1 is 0.963 bits per heavy atom. The molecule has 3 aromatic carbocycles. The number of ether oxygens (including phenoxy) is 1. The van der Waals surface area contributed by atoms with Gasteiger partial charge in [0.15, 0.2) is 0 Å². The van der Waals surface area contributed by atoms with E-state index in [9.17, 15) is 4.79 Å². The highest BCUT2D eigenvalue weighted by Crippen LogP contribution is 2.33. The van der Waals surface area contributed by atoms with Gasteiger partial charge in [-0.1, -0.05) is 58.4 Å². The van der Waals surface area contributed by atoms with E-state index < -0.39 is 0 Å². The fourth-order valence-electron chi connectivity index (χ4n) is 3.14. The fourth-order valence-corrected chi connectivity index (χ4v) is 3.59. The van der Waals surface area contributed by atoms with Crippen molar-refractivity contribution in [2.24, 2.45) is 0 Å². The van der Waals surface area contributed by atoms with E-state index >= 15 is 0 Å². The standard InChI is InChI=1S/C23H17BrO3/c1-15-21(26-14-16-6-5-9-18(24)12-16)11-10-19-20(13-22(25)27-23(15)19)17-7-3-2-4-8-17/h2-13H,14H2,1H3. The molecule has 27 heavy (non-hydrogen) atoms. The molecule has 0 atom stereocenters. The van der Waals surface area contributed by atoms with Crippen LogP contribution >= 0.6 is 15.9 Å². The lowest BCUT2D eigenvalue weighted by Crippen LogP contribution is -2.01. The minimum atomic E-state index is -0.367. The summed E-state index contributed by atoms with van der Waals surface area (Å²) in [6, 6.07) is 23.2. The molecule has 0 aliphatic heterocycles. The minimum absolute atomic E-state index is 0.367. The van der Waals surface area contributed by atoms with Crippen molar-refractivity contribution in [1.82, 2.24) is 0 Å². The lowest BCUT2D eigenvalue weighted by Gasteiger charge is -2.13. The topological polar surface area (TPSA) is 39.4 Å². The van der Waals surface area contributed by atoms with Crippen molar-refractivity contribution < 1.29 is 9.15 Å². The fraction of sp³-hybridized carbons (Fsp3) is 0.0870. The highest BCUT2D eigenvalue weighted by atomic mass is 79.9. The summed E-state index contributed by atoms with van der Waals surface area (Å²) < 4.78 is 12.5. The van der Waals surface area contributed by atoms with Crippen molar-refractivity contribution >= 4 is 26.9 Å². The number of benzene rings is 3. The normalized spacial score (nSPS) is 10.9. The van der Waals surface area contributed by atoms with Gasteiger partial charge < -0.3 is 9.15 Å². The van der Waals surface area contributed by atoms with E-state index in [-0.39, 0.29) is 5.63 Å². The predicted molar refractivity (Wildman–Crippen MR) is 111 cm³/mol. The van der Waals surface area contributed by atoms with Gasteiger partial charge in [0.2, 0.25) is 0 Å². The van der Waals surface area contributed by atoms with Crippen molar-refractivity contribution in [2.75, 3.05) is 0 Å². The van der Waals surface area contributed by atoms with Gasteiger partial charge in [0.25, 0.3) is 0 Å². The monoisotopic (exact) mass is 420 g/mol. The van der Waals surface area contributed by atoms with Crippen molar-refractivity contribution in [2.45, 2.75) is 13.5 Å². The molecule has 0 fully saturated rings. The van der Waals surface area contributed by atoms with Gasteiger partial charge >= 0.3 is 5.63 Å². The van der Waals surface area contributed by atoms with Gasteiger partial charge in [0.1, 0.15) is 17.9 Å². The Morgan fingerprint density at radius 3 is 2.56 bits per heavy atom. The van der Waals surface area contributed by atoms with E-state index in [1.807, 2.05) is 73.7 Å². The molecule has 0 aliphatic carbocycles. The molecule has 4 heteroatoms. The zero-order valence-corrected chi connectivity index (χ0v) is 16.3. The van der Waals surface area contributed by atoms with Crippen LogP contribution in [0.25, 0.3) is 22.1 Å². The molecule has 0 unspecified atom stereocenters. The molecule has 1 aromatic heterocycles. The molecule has 134 valence electrons. The van der Waals surface area contributed by atoms with Crippen LogP contribution in [0.3, 0.4) is 0 Å². The van der Waals surface area contributed by atoms with E-state index in [0.29, 0.717) is 17.9 Å². The summed E-state index contributed by atoms with van der Waals surface area (Å²) in [6.07, 6.45) is 0. The first kappa shape index (κ1) is 17.6. The predicted octanol–water partition coefficient (Wildman–Crippen LogP) is 6.11. The molecule has 3 nitrogen and oxygen atoms in total. The van der Waals surface area contributed by atoms with Crippen LogP contribution in [-0.4, -0.2) is 0 Å². The summed E-state index contributed by atoms with van der Waals surface area (Å²) in [6.45, 7) is 2.35. The average Bonchev–Trinajstić information content (AvgIpc) is 2.68. The molecule has 4 aromatic rings. The molecule has 1 heterocycles. The Hall–Kier alpha value is -2.85. The van der Waals surface area contributed by atoms with E-state index in [1.165, 1.54) is 0 Å². The maximum absolute atomic E-state index is 12.1. The van der Waals surface area contributed by atoms with Crippen LogP contribution in [0.2, 0.25) is 0 Å². The molecule has 0 N–H and O–H groups in total. The lowest BCUT2D eigenvalue weighted by atomic mass is 10.0. The van der Waals surface area contributed by atoms with Crippen molar-refractivity contribution in [3.63, 3.8) is 0 Å². The van der Waals surface area contributed by atoms with Gasteiger partial charge in [-0.2, -0.15) is 0 Å². The molecular weight excluding hydrogens is 404 g/mol. The molecular formula is C23H17BrO3. The number of hydrogen-bond acceptors (Lipinski definition) is 3. The second kappa shape index (κ2) is 7.41. The molecule has 0 radical (unpaired) electrons. The van der Waals surface area contributed by atoms with E-state index in [4.69, 9.17) is 9.15 Å². The first-order valence-electron chi connectivity index (χ1n) is 8.62. The molecule has 0 saturated heterocycles. The summed E-state index contributed by atoms with van der Waals surface area (Å²) in [5.41, 5.74) is 3.92. The third-order valence-corrected chi connectivity index (χ3v) is 4.97. The molecule has 4 rings (SSSR count). The van der Waals surface area contributed by atoms with Crippen molar-refractivity contribution in [3.8, 4) is 16.9 Å². The Morgan fingerprint density at radius 2 is 1.78 bits per heavy atom. The summed E-state index contributed by atoms with van der Waals surface area (Å²) in [5, 5.41) is 0.896. The maximum atomic E-state index is 12.1. The SMILES string of the molecule is Cc1c(OCc2cccc(Br)c2)ccc2c(-c3ccccc3)cc(=O)oc12. The smallest absolute Gasteiger partial charge is 0.336 e. The maximum Gasteiger partial charge on any atom is 0.336 e. The van der Waals surface area contributed by atoms with Crippen LogP contribution in [-0.2, 0) is 6.61 Å². The van der Waals surface area contributed by atoms with Gasteiger partial charge in [-0.15, -0.1) is 0 Å². The quantitative estimate of drug-likeness (QED) is 0.373. The van der Waals surface area contributed by atoms with Gasteiger partial charge in [0.05, 0.1) is 0 Å². The summed E-state index contributed by atoms with van der Waals surface area (Å²) in [5.74, 6) is 0.704. The Labute approximate surface area is 165 Å². The number of fused-ring (bicyclic) bond motifs is 1. The number of rotatable bonds is 4. The van der Waals surface area contributed by atoms with Gasteiger partial charge in [-0.3, -0.25) is 0 Å². The van der Waals surface area contributed by atoms with Gasteiger partial charge in [0, 0.05) is 21.5 Å². The zero-order valence-electron chi connectivity index (χ0n) is 14.7. The number of hydrogen-bond donors (Lipinski definition) is 0. The van der Waals surface area contributed by atoms with Crippen LogP contribution in [0.1, 0.15) is 11.1 Å². The minimum Gasteiger partial charge on any atom is -0.488 e. The third kappa shape index (κ3) is 3.67. The van der Waals surface area contributed by atoms with Crippen LogP contribution in [0.15, 0.2) is 86.5 Å². The molecule has 0 aliphatic rings. The summed E-state index contributed by atoms with van der Waals surface area (Å²) in [4.78, 5) is 12.1. The second-order valence-electron chi connectivity index (χ2n) is 6.33. The van der Waals surface area contributed by atoms with E-state index in [2.05, 4.69) is 15.9 Å². The molecule has 0 bridgehead atoms. The largest absolute Gasteiger partial charge is 0.488 e. The van der Waals surface area contributed by atoms with Crippen molar-refractivity contribution in [1.29, 1.82) is 0 Å². The summed E-state index contributed by atoms with van der Waals surface area (Å²) >= 11 is 3.47. The Kier molecular flexibility index (Phi) is 4.82. The third-order valence-electron chi connectivity index (χ3n) is 4.48. The van der Waals surface area contributed by atoms with Crippen LogP contribution in [0, 0.1) is 6.92 Å². The van der Waals surface area contributed by atoms with E-state index in [0.717, 1.165) is 32.1 Å². The van der Waals surface area contributed by atoms with Gasteiger partial charge in [-0.25, -0.2) is 4.79 Å². The molecule has 0 spiro atoms. The Balaban J connectivity index is 1.75. The second-order valence-corrected chi connectivity index (χ2v) is 7.24. The number of aryl methyl sites for hydroxylation is 1. The van der Waals surface area contributed by atoms with Crippen LogP contribution < -0.4 is 10.4 Å². The number of halogens is 1. The Bertz CT molecular complexity index is 1160. The van der Waals surface area contributed by atoms with Crippen molar-refractivity contribution in [3.05, 3.63) is 98.8 Å². The summed E-state index contributed by atoms with van der Waals surface area (Å²) in [7, 11) is 0. The first-order chi connectivity index (χ1) is 13.1. The van der Waals surface area contributed by atoms with Crippen LogP contribution in [0.4, 0.5) is 0 Å².